The van der Waals surface area contributed by atoms with E-state index in [2.05, 4.69) is 9.84 Å². The zero-order valence-corrected chi connectivity index (χ0v) is 33.0. The maximum absolute atomic E-state index is 14.8. The Bertz CT molecular complexity index is 2180. The summed E-state index contributed by atoms with van der Waals surface area (Å²) in [4.78, 5) is 50.7. The Balaban J connectivity index is 1.53. The third-order valence-electron chi connectivity index (χ3n) is 8.30. The fraction of sp³-hybridized carbons (Fsp3) is 0.444. The second kappa shape index (κ2) is 17.8. The Morgan fingerprint density at radius 3 is 2.00 bits per heavy atom. The van der Waals surface area contributed by atoms with Gasteiger partial charge in [0.05, 0.1) is 40.7 Å². The number of nitrogens with zero attached hydrogens (tertiary/aromatic N) is 4. The van der Waals surface area contributed by atoms with Crippen molar-refractivity contribution in [3.05, 3.63) is 63.9 Å². The molecule has 4 rings (SSSR count). The van der Waals surface area contributed by atoms with Crippen molar-refractivity contribution in [3.8, 4) is 28.6 Å². The molecular formula is C36H30Cl2F10N4O9. The molecule has 1 amide bonds. The summed E-state index contributed by atoms with van der Waals surface area (Å²) in [5.74, 6) is -4.21. The van der Waals surface area contributed by atoms with Crippen LogP contribution in [0.4, 0.5) is 48.7 Å². The zero-order valence-electron chi connectivity index (χ0n) is 31.5. The highest BCUT2D eigenvalue weighted by molar-refractivity contribution is 6.34. The van der Waals surface area contributed by atoms with Crippen LogP contribution in [0.1, 0.15) is 62.4 Å². The van der Waals surface area contributed by atoms with Crippen LogP contribution in [0.3, 0.4) is 0 Å². The van der Waals surface area contributed by atoms with Gasteiger partial charge >= 0.3 is 42.5 Å². The molecule has 0 unspecified atom stereocenters. The van der Waals surface area contributed by atoms with E-state index >= 15 is 0 Å². The third-order valence-corrected chi connectivity index (χ3v) is 8.92. The quantitative estimate of drug-likeness (QED) is 0.0499. The Kier molecular flexibility index (Phi) is 14.1. The zero-order chi connectivity index (χ0) is 45.9. The predicted octanol–water partition coefficient (Wildman–Crippen LogP) is 9.31. The minimum atomic E-state index is -6.71. The summed E-state index contributed by atoms with van der Waals surface area (Å²) in [6.45, 7) is 3.13. The average molecular weight is 924 g/mol. The van der Waals surface area contributed by atoms with Crippen molar-refractivity contribution in [2.45, 2.75) is 82.0 Å². The van der Waals surface area contributed by atoms with E-state index in [1.807, 2.05) is 6.07 Å². The van der Waals surface area contributed by atoms with Gasteiger partial charge in [-0.05, 0) is 63.4 Å². The van der Waals surface area contributed by atoms with Gasteiger partial charge in [0.25, 0.3) is 5.91 Å². The van der Waals surface area contributed by atoms with Crippen LogP contribution in [0.2, 0.25) is 10.0 Å². The van der Waals surface area contributed by atoms with Gasteiger partial charge in [-0.3, -0.25) is 19.3 Å². The summed E-state index contributed by atoms with van der Waals surface area (Å²) in [6.07, 6.45) is -19.0. The van der Waals surface area contributed by atoms with Crippen LogP contribution >= 0.6 is 23.2 Å². The van der Waals surface area contributed by atoms with E-state index in [4.69, 9.17) is 42.1 Å². The monoisotopic (exact) mass is 922 g/mol. The lowest BCUT2D eigenvalue weighted by Gasteiger charge is -2.31. The summed E-state index contributed by atoms with van der Waals surface area (Å²) >= 11 is 12.2. The highest BCUT2D eigenvalue weighted by Crippen LogP contribution is 2.55. The molecule has 0 aliphatic heterocycles. The second-order valence-corrected chi connectivity index (χ2v) is 14.7. The first-order valence-corrected chi connectivity index (χ1v) is 17.9. The van der Waals surface area contributed by atoms with Crippen LogP contribution in [0.15, 0.2) is 42.7 Å². The minimum Gasteiger partial charge on any atom is -0.462 e. The number of hydrogen-bond donors (Lipinski definition) is 0. The Labute approximate surface area is 347 Å². The van der Waals surface area contributed by atoms with Gasteiger partial charge in [-0.1, -0.05) is 29.3 Å². The number of carbonyl (C=O) groups is 4. The molecule has 1 saturated carbocycles. The number of ether oxygens (including phenoxy) is 5. The van der Waals surface area contributed by atoms with E-state index < -0.39 is 108 Å². The molecule has 0 bridgehead atoms. The lowest BCUT2D eigenvalue weighted by molar-refractivity contribution is -0.348. The molecule has 2 aromatic carbocycles. The van der Waals surface area contributed by atoms with Gasteiger partial charge in [0, 0.05) is 17.3 Å². The molecule has 1 fully saturated rings. The van der Waals surface area contributed by atoms with Gasteiger partial charge in [-0.25, -0.2) is 13.9 Å². The largest absolute Gasteiger partial charge is 0.573 e. The second-order valence-electron chi connectivity index (χ2n) is 13.9. The summed E-state index contributed by atoms with van der Waals surface area (Å²) in [6, 6.07) is 4.83. The van der Waals surface area contributed by atoms with Crippen molar-refractivity contribution in [1.29, 1.82) is 5.26 Å². The highest BCUT2D eigenvalue weighted by Gasteiger charge is 2.73. The highest BCUT2D eigenvalue weighted by atomic mass is 35.5. The van der Waals surface area contributed by atoms with Crippen molar-refractivity contribution in [2.24, 2.45) is 0 Å². The van der Waals surface area contributed by atoms with Gasteiger partial charge in [0.1, 0.15) is 30.0 Å². The fourth-order valence-corrected chi connectivity index (χ4v) is 5.83. The van der Waals surface area contributed by atoms with Crippen LogP contribution in [-0.4, -0.2) is 88.5 Å². The predicted molar refractivity (Wildman–Crippen MR) is 188 cm³/mol. The topological polar surface area (TPSA) is 159 Å². The van der Waals surface area contributed by atoms with Crippen molar-refractivity contribution in [2.75, 3.05) is 19.9 Å². The molecule has 61 heavy (non-hydrogen) atoms. The van der Waals surface area contributed by atoms with Gasteiger partial charge in [-0.15, -0.1) is 13.2 Å². The average Bonchev–Trinajstić information content (AvgIpc) is 3.77. The van der Waals surface area contributed by atoms with Crippen LogP contribution in [0.5, 0.6) is 5.75 Å². The van der Waals surface area contributed by atoms with Gasteiger partial charge in [0.2, 0.25) is 0 Å². The summed E-state index contributed by atoms with van der Waals surface area (Å²) in [5, 5.41) is 12.1. The number of benzene rings is 2. The van der Waals surface area contributed by atoms with E-state index in [0.717, 1.165) is 23.4 Å². The Morgan fingerprint density at radius 1 is 0.836 bits per heavy atom. The molecule has 0 atom stereocenters. The van der Waals surface area contributed by atoms with Crippen LogP contribution < -0.4 is 4.74 Å². The molecule has 3 aromatic rings. The van der Waals surface area contributed by atoms with Crippen LogP contribution in [0.25, 0.3) is 16.8 Å². The molecule has 1 heterocycles. The molecule has 0 spiro atoms. The summed E-state index contributed by atoms with van der Waals surface area (Å²) in [5.41, 5.74) is -12.2. The first-order chi connectivity index (χ1) is 28.0. The number of amides is 1. The van der Waals surface area contributed by atoms with Crippen LogP contribution in [0, 0.1) is 11.3 Å². The number of nitriles is 1. The SMILES string of the molecule is CC(C)(C)OC(=O)CCC(=O)OCCOC(=O)OCN(C(=O)c1cc(-c2cnn(-c3c(Cl)cc(C(F)(C(F)(F)F)C(F)(F)F)cc3OC(F)(F)F)c2)ccc1Cl)C1(C#N)CC1. The number of aromatic nitrogens is 2. The smallest absolute Gasteiger partial charge is 0.462 e. The summed E-state index contributed by atoms with van der Waals surface area (Å²) < 4.78 is 160. The molecule has 25 heteroatoms. The van der Waals surface area contributed by atoms with E-state index in [1.165, 1.54) is 12.1 Å². The Hall–Kier alpha value is -5.50. The normalized spacial score (nSPS) is 14.1. The van der Waals surface area contributed by atoms with Crippen molar-refractivity contribution in [3.63, 3.8) is 0 Å². The maximum atomic E-state index is 14.8. The molecule has 0 radical (unpaired) electrons. The van der Waals surface area contributed by atoms with Gasteiger partial charge < -0.3 is 23.7 Å². The molecule has 1 aromatic heterocycles. The van der Waals surface area contributed by atoms with Gasteiger partial charge in [0.15, 0.2) is 12.5 Å². The molecule has 0 saturated heterocycles. The minimum absolute atomic E-state index is 0.0182. The van der Waals surface area contributed by atoms with E-state index in [-0.39, 0.29) is 53.5 Å². The fourth-order valence-electron chi connectivity index (χ4n) is 5.34. The summed E-state index contributed by atoms with van der Waals surface area (Å²) in [7, 11) is 0. The number of esters is 2. The van der Waals surface area contributed by atoms with Crippen molar-refractivity contribution >= 4 is 47.2 Å². The van der Waals surface area contributed by atoms with Crippen molar-refractivity contribution < 1.29 is 86.8 Å². The molecule has 332 valence electrons. The first-order valence-electron chi connectivity index (χ1n) is 17.2. The molecule has 0 N–H and O–H groups in total. The van der Waals surface area contributed by atoms with E-state index in [0.29, 0.717) is 4.68 Å². The van der Waals surface area contributed by atoms with Crippen LogP contribution in [-0.2, 0) is 34.2 Å². The van der Waals surface area contributed by atoms with E-state index in [1.54, 1.807) is 20.8 Å². The molecule has 13 nitrogen and oxygen atoms in total. The number of alkyl halides is 10. The first kappa shape index (κ1) is 48.2. The number of rotatable bonds is 14. The lowest BCUT2D eigenvalue weighted by atomic mass is 9.93. The maximum Gasteiger partial charge on any atom is 0.573 e. The van der Waals surface area contributed by atoms with E-state index in [9.17, 15) is 68.3 Å². The molecule has 1 aliphatic carbocycles. The number of carbonyl (C=O) groups excluding carboxylic acids is 4. The molecular weight excluding hydrogens is 893 g/mol. The number of halogens is 12. The standard InChI is InChI=1S/C36H30Cl2F10N4O9/c1-31(2,3)61-27(54)7-6-26(53)57-10-11-58-30(56)59-18-51(32(17-49)8-9-32)29(55)22-12-19(4-5-23(22)37)20-15-50-52(16-20)28-24(38)13-21(14-25(28)60-36(46,47)48)33(39,34(40,41)42)35(43,44)45/h4-5,12-16H,6-11,18H2,1-3H3. The molecule has 1 aliphatic rings. The third kappa shape index (κ3) is 11.7. The lowest BCUT2D eigenvalue weighted by Crippen LogP contribution is -2.50. The number of hydrogen-bond acceptors (Lipinski definition) is 11. The van der Waals surface area contributed by atoms with Crippen molar-refractivity contribution in [1.82, 2.24) is 14.7 Å². The van der Waals surface area contributed by atoms with Gasteiger partial charge in [-0.2, -0.15) is 36.7 Å². The Morgan fingerprint density at radius 2 is 1.44 bits per heavy atom.